The molecule has 0 unspecified atom stereocenters. The molecule has 1 aromatic carbocycles. The second-order valence-corrected chi connectivity index (χ2v) is 5.08. The van der Waals surface area contributed by atoms with Gasteiger partial charge in [-0.1, -0.05) is 35.9 Å². The van der Waals surface area contributed by atoms with Crippen molar-refractivity contribution in [1.29, 1.82) is 0 Å². The second-order valence-electron chi connectivity index (χ2n) is 3.93. The number of nitrogens with zero attached hydrogens (tertiary/aromatic N) is 2. The number of nitrogens with one attached hydrogen (secondary N) is 1. The minimum atomic E-state index is 0.420. The molecule has 94 valence electrons. The lowest BCUT2D eigenvalue weighted by atomic mass is 10.1. The van der Waals surface area contributed by atoms with Crippen LogP contribution in [-0.4, -0.2) is 16.5 Å². The van der Waals surface area contributed by atoms with Gasteiger partial charge in [0.2, 0.25) is 0 Å². The molecule has 2 rings (SSSR count). The van der Waals surface area contributed by atoms with Crippen LogP contribution in [0.15, 0.2) is 35.1 Å². The van der Waals surface area contributed by atoms with Gasteiger partial charge in [0.05, 0.1) is 4.47 Å². The maximum Gasteiger partial charge on any atom is 0.148 e. The fourth-order valence-corrected chi connectivity index (χ4v) is 2.16. The highest BCUT2D eigenvalue weighted by atomic mass is 79.9. The Morgan fingerprint density at radius 2 is 2.06 bits per heavy atom. The van der Waals surface area contributed by atoms with Crippen molar-refractivity contribution in [3.05, 3.63) is 51.3 Å². The summed E-state index contributed by atoms with van der Waals surface area (Å²) in [5.41, 5.74) is 2.64. The Bertz CT molecular complexity index is 546. The lowest BCUT2D eigenvalue weighted by molar-refractivity contribution is 0.985. The average Bonchev–Trinajstić information content (AvgIpc) is 2.37. The fourth-order valence-electron chi connectivity index (χ4n) is 1.68. The summed E-state index contributed by atoms with van der Waals surface area (Å²) in [5.74, 6) is 0.726. The standard InChI is InChI=1S/C13H13BrClN3/c1-9-4-2-3-5-10(9)6-7-16-13-11(14)12(15)17-8-18-13/h2-5,8H,6-7H2,1H3,(H,16,17,18). The first-order chi connectivity index (χ1) is 8.68. The zero-order valence-electron chi connectivity index (χ0n) is 9.95. The van der Waals surface area contributed by atoms with Crippen LogP contribution in [0.25, 0.3) is 0 Å². The van der Waals surface area contributed by atoms with Gasteiger partial charge < -0.3 is 5.32 Å². The Kier molecular flexibility index (Phi) is 4.55. The Morgan fingerprint density at radius 1 is 1.28 bits per heavy atom. The summed E-state index contributed by atoms with van der Waals surface area (Å²) in [5, 5.41) is 3.67. The summed E-state index contributed by atoms with van der Waals surface area (Å²) in [7, 11) is 0. The highest BCUT2D eigenvalue weighted by molar-refractivity contribution is 9.10. The first kappa shape index (κ1) is 13.3. The molecule has 0 radical (unpaired) electrons. The Labute approximate surface area is 120 Å². The van der Waals surface area contributed by atoms with Gasteiger partial charge in [-0.2, -0.15) is 0 Å². The number of hydrogen-bond donors (Lipinski definition) is 1. The van der Waals surface area contributed by atoms with Crippen LogP contribution in [0.4, 0.5) is 5.82 Å². The van der Waals surface area contributed by atoms with Crippen LogP contribution in [-0.2, 0) is 6.42 Å². The Hall–Kier alpha value is -1.13. The molecule has 0 saturated carbocycles. The molecule has 0 spiro atoms. The van der Waals surface area contributed by atoms with Gasteiger partial charge in [0.25, 0.3) is 0 Å². The molecule has 5 heteroatoms. The van der Waals surface area contributed by atoms with Crippen molar-refractivity contribution in [2.24, 2.45) is 0 Å². The molecule has 0 aliphatic carbocycles. The number of halogens is 2. The zero-order chi connectivity index (χ0) is 13.0. The van der Waals surface area contributed by atoms with E-state index in [0.717, 1.165) is 18.8 Å². The van der Waals surface area contributed by atoms with Crippen LogP contribution in [0.5, 0.6) is 0 Å². The van der Waals surface area contributed by atoms with Crippen LogP contribution in [0.2, 0.25) is 5.15 Å². The molecule has 0 aliphatic heterocycles. The van der Waals surface area contributed by atoms with E-state index in [1.807, 2.05) is 6.07 Å². The third-order valence-electron chi connectivity index (χ3n) is 2.69. The van der Waals surface area contributed by atoms with E-state index in [9.17, 15) is 0 Å². The minimum absolute atomic E-state index is 0.420. The van der Waals surface area contributed by atoms with E-state index in [2.05, 4.69) is 56.3 Å². The van der Waals surface area contributed by atoms with E-state index in [0.29, 0.717) is 9.63 Å². The molecule has 3 nitrogen and oxygen atoms in total. The highest BCUT2D eigenvalue weighted by Gasteiger charge is 2.06. The fraction of sp³-hybridized carbons (Fsp3) is 0.231. The van der Waals surface area contributed by atoms with Gasteiger partial charge in [0.15, 0.2) is 0 Å². The van der Waals surface area contributed by atoms with E-state index < -0.39 is 0 Å². The van der Waals surface area contributed by atoms with Gasteiger partial charge in [-0.15, -0.1) is 0 Å². The van der Waals surface area contributed by atoms with Crippen molar-refractivity contribution in [2.45, 2.75) is 13.3 Å². The van der Waals surface area contributed by atoms with Crippen LogP contribution < -0.4 is 5.32 Å². The molecule has 1 aromatic heterocycles. The number of rotatable bonds is 4. The first-order valence-electron chi connectivity index (χ1n) is 5.63. The summed E-state index contributed by atoms with van der Waals surface area (Å²) >= 11 is 9.26. The number of aromatic nitrogens is 2. The van der Waals surface area contributed by atoms with Crippen molar-refractivity contribution >= 4 is 33.3 Å². The van der Waals surface area contributed by atoms with E-state index in [1.165, 1.54) is 17.5 Å². The van der Waals surface area contributed by atoms with Crippen molar-refractivity contribution in [3.8, 4) is 0 Å². The molecular formula is C13H13BrClN3. The lowest BCUT2D eigenvalue weighted by Crippen LogP contribution is -2.08. The second kappa shape index (κ2) is 6.16. The maximum absolute atomic E-state index is 5.90. The smallest absolute Gasteiger partial charge is 0.148 e. The summed E-state index contributed by atoms with van der Waals surface area (Å²) < 4.78 is 0.705. The normalized spacial score (nSPS) is 10.4. The topological polar surface area (TPSA) is 37.8 Å². The summed E-state index contributed by atoms with van der Waals surface area (Å²) in [6, 6.07) is 8.36. The van der Waals surface area contributed by atoms with Crippen molar-refractivity contribution < 1.29 is 0 Å². The van der Waals surface area contributed by atoms with Crippen LogP contribution >= 0.6 is 27.5 Å². The number of anilines is 1. The number of hydrogen-bond acceptors (Lipinski definition) is 3. The van der Waals surface area contributed by atoms with E-state index in [-0.39, 0.29) is 0 Å². The van der Waals surface area contributed by atoms with E-state index in [4.69, 9.17) is 11.6 Å². The predicted octanol–water partition coefficient (Wildman–Crippen LogP) is 3.86. The molecule has 2 aromatic rings. The lowest BCUT2D eigenvalue weighted by Gasteiger charge is -2.09. The number of aryl methyl sites for hydroxylation is 1. The molecule has 0 aliphatic rings. The van der Waals surface area contributed by atoms with Gasteiger partial charge in [-0.3, -0.25) is 0 Å². The van der Waals surface area contributed by atoms with Gasteiger partial charge >= 0.3 is 0 Å². The molecule has 0 atom stereocenters. The van der Waals surface area contributed by atoms with Gasteiger partial charge in [0.1, 0.15) is 17.3 Å². The maximum atomic E-state index is 5.90. The SMILES string of the molecule is Cc1ccccc1CCNc1ncnc(Cl)c1Br. The monoisotopic (exact) mass is 325 g/mol. The van der Waals surface area contributed by atoms with Crippen LogP contribution in [0, 0.1) is 6.92 Å². The third-order valence-corrected chi connectivity index (χ3v) is 3.96. The minimum Gasteiger partial charge on any atom is -0.369 e. The first-order valence-corrected chi connectivity index (χ1v) is 6.80. The molecular weight excluding hydrogens is 314 g/mol. The Morgan fingerprint density at radius 3 is 2.83 bits per heavy atom. The molecule has 0 bridgehead atoms. The van der Waals surface area contributed by atoms with Gasteiger partial charge in [0, 0.05) is 6.54 Å². The van der Waals surface area contributed by atoms with Gasteiger partial charge in [-0.05, 0) is 40.4 Å². The van der Waals surface area contributed by atoms with Crippen LogP contribution in [0.3, 0.4) is 0 Å². The average molecular weight is 327 g/mol. The summed E-state index contributed by atoms with van der Waals surface area (Å²) in [4.78, 5) is 8.03. The summed E-state index contributed by atoms with van der Waals surface area (Å²) in [6.45, 7) is 2.92. The van der Waals surface area contributed by atoms with E-state index in [1.54, 1.807) is 0 Å². The van der Waals surface area contributed by atoms with Crippen molar-refractivity contribution in [3.63, 3.8) is 0 Å². The van der Waals surface area contributed by atoms with E-state index >= 15 is 0 Å². The molecule has 0 saturated heterocycles. The Balaban J connectivity index is 1.97. The molecule has 18 heavy (non-hydrogen) atoms. The zero-order valence-corrected chi connectivity index (χ0v) is 12.3. The predicted molar refractivity (Wildman–Crippen MR) is 78.1 cm³/mol. The van der Waals surface area contributed by atoms with Gasteiger partial charge in [-0.25, -0.2) is 9.97 Å². The number of benzene rings is 1. The molecule has 0 amide bonds. The van der Waals surface area contributed by atoms with Crippen LogP contribution in [0.1, 0.15) is 11.1 Å². The quantitative estimate of drug-likeness (QED) is 0.867. The molecule has 1 N–H and O–H groups in total. The van der Waals surface area contributed by atoms with Crippen molar-refractivity contribution in [1.82, 2.24) is 9.97 Å². The highest BCUT2D eigenvalue weighted by Crippen LogP contribution is 2.25. The molecule has 1 heterocycles. The summed E-state index contributed by atoms with van der Waals surface area (Å²) in [6.07, 6.45) is 2.39. The third kappa shape index (κ3) is 3.21. The largest absolute Gasteiger partial charge is 0.369 e. The molecule has 0 fully saturated rings. The van der Waals surface area contributed by atoms with Crippen molar-refractivity contribution in [2.75, 3.05) is 11.9 Å².